The molecule has 7 heteroatoms. The molecule has 1 aromatic heterocycles. The monoisotopic (exact) mass is 248 g/mol. The molecule has 0 saturated carbocycles. The molecule has 0 aliphatic heterocycles. The van der Waals surface area contributed by atoms with E-state index in [0.717, 1.165) is 0 Å². The third-order valence-corrected chi connectivity index (χ3v) is 2.31. The number of hydrogen-bond acceptors (Lipinski definition) is 4. The Kier molecular flexibility index (Phi) is 4.14. The van der Waals surface area contributed by atoms with Gasteiger partial charge in [-0.3, -0.25) is 0 Å². The number of halogens is 3. The van der Waals surface area contributed by atoms with Crippen molar-refractivity contribution in [2.24, 2.45) is 0 Å². The van der Waals surface area contributed by atoms with Gasteiger partial charge in [-0.1, -0.05) is 0 Å². The van der Waals surface area contributed by atoms with E-state index in [1.54, 1.807) is 4.90 Å². The van der Waals surface area contributed by atoms with Crippen molar-refractivity contribution >= 4 is 11.6 Å². The molecule has 96 valence electrons. The summed E-state index contributed by atoms with van der Waals surface area (Å²) in [6.07, 6.45) is -4.53. The lowest BCUT2D eigenvalue weighted by Crippen LogP contribution is -2.25. The molecule has 0 unspecified atom stereocenters. The zero-order valence-corrected chi connectivity index (χ0v) is 9.97. The molecule has 0 bridgehead atoms. The van der Waals surface area contributed by atoms with Crippen LogP contribution in [0, 0.1) is 0 Å². The second kappa shape index (κ2) is 5.20. The molecule has 0 spiro atoms. The van der Waals surface area contributed by atoms with Gasteiger partial charge in [-0.2, -0.15) is 13.2 Å². The molecule has 0 aliphatic rings. The van der Waals surface area contributed by atoms with Crippen LogP contribution < -0.4 is 10.2 Å². The van der Waals surface area contributed by atoms with Crippen molar-refractivity contribution < 1.29 is 13.2 Å². The Morgan fingerprint density at radius 2 is 1.82 bits per heavy atom. The first-order valence-corrected chi connectivity index (χ1v) is 5.31. The van der Waals surface area contributed by atoms with E-state index >= 15 is 0 Å². The van der Waals surface area contributed by atoms with Gasteiger partial charge in [-0.05, 0) is 13.8 Å². The highest BCUT2D eigenvalue weighted by Crippen LogP contribution is 2.29. The van der Waals surface area contributed by atoms with Crippen LogP contribution in [0.15, 0.2) is 6.07 Å². The van der Waals surface area contributed by atoms with Gasteiger partial charge in [0.2, 0.25) is 5.82 Å². The molecule has 0 aromatic carbocycles. The molecule has 1 heterocycles. The summed E-state index contributed by atoms with van der Waals surface area (Å²) in [4.78, 5) is 8.68. The summed E-state index contributed by atoms with van der Waals surface area (Å²) in [6.45, 7) is 4.90. The fourth-order valence-corrected chi connectivity index (χ4v) is 1.40. The summed E-state index contributed by atoms with van der Waals surface area (Å²) in [6, 6.07) is 1.50. The van der Waals surface area contributed by atoms with Crippen LogP contribution >= 0.6 is 0 Å². The summed E-state index contributed by atoms with van der Waals surface area (Å²) in [5.41, 5.74) is 0. The fourth-order valence-electron chi connectivity index (χ4n) is 1.40. The quantitative estimate of drug-likeness (QED) is 0.888. The minimum atomic E-state index is -4.53. The number of nitrogens with zero attached hydrogens (tertiary/aromatic N) is 3. The summed E-state index contributed by atoms with van der Waals surface area (Å²) >= 11 is 0. The predicted octanol–water partition coefficient (Wildman–Crippen LogP) is 2.38. The largest absolute Gasteiger partial charge is 0.451 e. The van der Waals surface area contributed by atoms with E-state index in [0.29, 0.717) is 13.1 Å². The smallest absolute Gasteiger partial charge is 0.373 e. The Morgan fingerprint density at radius 1 is 1.24 bits per heavy atom. The van der Waals surface area contributed by atoms with Gasteiger partial charge in [-0.15, -0.1) is 0 Å². The van der Waals surface area contributed by atoms with Crippen molar-refractivity contribution in [3.8, 4) is 0 Å². The second-order valence-electron chi connectivity index (χ2n) is 3.36. The average Bonchev–Trinajstić information content (AvgIpc) is 2.29. The lowest BCUT2D eigenvalue weighted by Gasteiger charge is -2.21. The number of rotatable bonds is 4. The van der Waals surface area contributed by atoms with Gasteiger partial charge >= 0.3 is 6.18 Å². The molecule has 4 nitrogen and oxygen atoms in total. The highest BCUT2D eigenvalue weighted by atomic mass is 19.4. The third-order valence-electron chi connectivity index (χ3n) is 2.31. The van der Waals surface area contributed by atoms with E-state index < -0.39 is 12.0 Å². The first kappa shape index (κ1) is 13.5. The summed E-state index contributed by atoms with van der Waals surface area (Å²) < 4.78 is 37.8. The lowest BCUT2D eigenvalue weighted by atomic mass is 10.4. The van der Waals surface area contributed by atoms with Gasteiger partial charge in [0.25, 0.3) is 0 Å². The molecule has 1 aromatic rings. The number of nitrogens with one attached hydrogen (secondary N) is 1. The topological polar surface area (TPSA) is 41.0 Å². The standard InChI is InChI=1S/C10H15F3N4/c1-4-17(5-2)8-6-7(14-3)15-9(16-8)10(11,12)13/h6H,4-5H2,1-3H3,(H,14,15,16). The molecule has 1 rings (SSSR count). The van der Waals surface area contributed by atoms with E-state index in [1.807, 2.05) is 13.8 Å². The molecule has 0 atom stereocenters. The predicted molar refractivity (Wildman–Crippen MR) is 60.1 cm³/mol. The third kappa shape index (κ3) is 3.21. The number of anilines is 2. The van der Waals surface area contributed by atoms with Crippen molar-refractivity contribution in [1.82, 2.24) is 9.97 Å². The van der Waals surface area contributed by atoms with Crippen molar-refractivity contribution in [2.75, 3.05) is 30.4 Å². The molecule has 1 N–H and O–H groups in total. The van der Waals surface area contributed by atoms with Crippen LogP contribution in [0.3, 0.4) is 0 Å². The molecule has 0 saturated heterocycles. The molecule has 0 radical (unpaired) electrons. The van der Waals surface area contributed by atoms with Crippen molar-refractivity contribution in [3.63, 3.8) is 0 Å². The van der Waals surface area contributed by atoms with Gasteiger partial charge in [0.1, 0.15) is 11.6 Å². The van der Waals surface area contributed by atoms with Crippen LogP contribution in [0.5, 0.6) is 0 Å². The van der Waals surface area contributed by atoms with Gasteiger partial charge in [-0.25, -0.2) is 9.97 Å². The molecule has 0 aliphatic carbocycles. The summed E-state index contributed by atoms with van der Waals surface area (Å²) in [7, 11) is 1.52. The van der Waals surface area contributed by atoms with Crippen LogP contribution in [-0.2, 0) is 6.18 Å². The molecule has 0 amide bonds. The first-order chi connectivity index (χ1) is 7.92. The maximum Gasteiger partial charge on any atom is 0.451 e. The molecule has 17 heavy (non-hydrogen) atoms. The van der Waals surface area contributed by atoms with E-state index in [1.165, 1.54) is 13.1 Å². The zero-order chi connectivity index (χ0) is 13.1. The molecular formula is C10H15F3N4. The van der Waals surface area contributed by atoms with Gasteiger partial charge in [0.15, 0.2) is 0 Å². The highest BCUT2D eigenvalue weighted by Gasteiger charge is 2.35. The first-order valence-electron chi connectivity index (χ1n) is 5.31. The maximum absolute atomic E-state index is 12.6. The summed E-state index contributed by atoms with van der Waals surface area (Å²) in [5.74, 6) is -0.679. The Bertz CT molecular complexity index is 374. The van der Waals surface area contributed by atoms with Crippen molar-refractivity contribution in [1.29, 1.82) is 0 Å². The summed E-state index contributed by atoms with van der Waals surface area (Å²) in [5, 5.41) is 2.61. The molecule has 0 fully saturated rings. The van der Waals surface area contributed by atoms with E-state index in [2.05, 4.69) is 15.3 Å². The number of aromatic nitrogens is 2. The maximum atomic E-state index is 12.6. The van der Waals surface area contributed by atoms with Crippen LogP contribution in [-0.4, -0.2) is 30.1 Å². The Labute approximate surface area is 97.9 Å². The Balaban J connectivity index is 3.22. The SMILES string of the molecule is CCN(CC)c1cc(NC)nc(C(F)(F)F)n1. The second-order valence-corrected chi connectivity index (χ2v) is 3.36. The van der Waals surface area contributed by atoms with E-state index in [4.69, 9.17) is 0 Å². The number of alkyl halides is 3. The van der Waals surface area contributed by atoms with Gasteiger partial charge < -0.3 is 10.2 Å². The normalized spacial score (nSPS) is 11.4. The van der Waals surface area contributed by atoms with Gasteiger partial charge in [0.05, 0.1) is 0 Å². The van der Waals surface area contributed by atoms with Crippen molar-refractivity contribution in [3.05, 3.63) is 11.9 Å². The van der Waals surface area contributed by atoms with Crippen molar-refractivity contribution in [2.45, 2.75) is 20.0 Å². The molecular weight excluding hydrogens is 233 g/mol. The highest BCUT2D eigenvalue weighted by molar-refractivity contribution is 5.49. The van der Waals surface area contributed by atoms with E-state index in [-0.39, 0.29) is 11.6 Å². The lowest BCUT2D eigenvalue weighted by molar-refractivity contribution is -0.144. The Hall–Kier alpha value is -1.53. The Morgan fingerprint density at radius 3 is 2.24 bits per heavy atom. The zero-order valence-electron chi connectivity index (χ0n) is 9.97. The minimum absolute atomic E-state index is 0.161. The van der Waals surface area contributed by atoms with Crippen LogP contribution in [0.1, 0.15) is 19.7 Å². The average molecular weight is 248 g/mol. The van der Waals surface area contributed by atoms with Crippen LogP contribution in [0.4, 0.5) is 24.8 Å². The van der Waals surface area contributed by atoms with Gasteiger partial charge in [0, 0.05) is 26.2 Å². The van der Waals surface area contributed by atoms with Crippen LogP contribution in [0.25, 0.3) is 0 Å². The minimum Gasteiger partial charge on any atom is -0.373 e. The van der Waals surface area contributed by atoms with E-state index in [9.17, 15) is 13.2 Å². The number of hydrogen-bond donors (Lipinski definition) is 1. The van der Waals surface area contributed by atoms with Crippen LogP contribution in [0.2, 0.25) is 0 Å². The fraction of sp³-hybridized carbons (Fsp3) is 0.600.